The van der Waals surface area contributed by atoms with E-state index in [0.717, 1.165) is 20.8 Å². The number of nitrogens with zero attached hydrogens (tertiary/aromatic N) is 1. The maximum atomic E-state index is 12.3. The van der Waals surface area contributed by atoms with Crippen molar-refractivity contribution in [3.63, 3.8) is 0 Å². The van der Waals surface area contributed by atoms with Crippen LogP contribution in [-0.2, 0) is 11.2 Å². The molecule has 1 amide bonds. The highest BCUT2D eigenvalue weighted by Gasteiger charge is 2.13. The summed E-state index contributed by atoms with van der Waals surface area (Å²) in [5.74, 6) is 1.12. The average molecular weight is 371 g/mol. The van der Waals surface area contributed by atoms with E-state index < -0.39 is 0 Å². The van der Waals surface area contributed by atoms with Crippen molar-refractivity contribution in [2.75, 3.05) is 12.4 Å². The van der Waals surface area contributed by atoms with Gasteiger partial charge in [0.1, 0.15) is 11.6 Å². The number of carbonyl (C=O) groups is 1. The number of hydrogen-bond acceptors (Lipinski definition) is 3. The van der Waals surface area contributed by atoms with E-state index in [2.05, 4.69) is 26.2 Å². The fourth-order valence-electron chi connectivity index (χ4n) is 2.50. The van der Waals surface area contributed by atoms with Gasteiger partial charge in [0.25, 0.3) is 0 Å². The molecule has 0 aliphatic rings. The number of pyridine rings is 1. The van der Waals surface area contributed by atoms with Gasteiger partial charge in [0, 0.05) is 16.2 Å². The van der Waals surface area contributed by atoms with E-state index in [4.69, 9.17) is 4.74 Å². The fraction of sp³-hybridized carbons (Fsp3) is 0.111. The van der Waals surface area contributed by atoms with Crippen molar-refractivity contribution >= 4 is 38.4 Å². The summed E-state index contributed by atoms with van der Waals surface area (Å²) in [6.07, 6.45) is 1.87. The molecule has 1 aromatic heterocycles. The van der Waals surface area contributed by atoms with Crippen molar-refractivity contribution in [1.82, 2.24) is 4.98 Å². The number of halogens is 1. The van der Waals surface area contributed by atoms with Crippen LogP contribution in [0.1, 0.15) is 5.56 Å². The number of ether oxygens (including phenoxy) is 1. The molecule has 1 heterocycles. The van der Waals surface area contributed by atoms with E-state index in [1.165, 1.54) is 0 Å². The van der Waals surface area contributed by atoms with Crippen LogP contribution in [0.3, 0.4) is 0 Å². The first kappa shape index (κ1) is 15.5. The monoisotopic (exact) mass is 370 g/mol. The van der Waals surface area contributed by atoms with Crippen LogP contribution in [0.5, 0.6) is 5.75 Å². The van der Waals surface area contributed by atoms with Gasteiger partial charge in [0.2, 0.25) is 5.91 Å². The summed E-state index contributed by atoms with van der Waals surface area (Å²) in [5, 5.41) is 4.86. The van der Waals surface area contributed by atoms with Gasteiger partial charge >= 0.3 is 0 Å². The Morgan fingerprint density at radius 1 is 1.22 bits per heavy atom. The highest BCUT2D eigenvalue weighted by molar-refractivity contribution is 9.10. The van der Waals surface area contributed by atoms with E-state index in [1.54, 1.807) is 25.4 Å². The zero-order valence-corrected chi connectivity index (χ0v) is 14.1. The maximum absolute atomic E-state index is 12.3. The van der Waals surface area contributed by atoms with Crippen LogP contribution < -0.4 is 10.1 Å². The van der Waals surface area contributed by atoms with E-state index in [9.17, 15) is 4.79 Å². The van der Waals surface area contributed by atoms with Crippen LogP contribution in [0, 0.1) is 0 Å². The molecule has 4 nitrogen and oxygen atoms in total. The number of fused-ring (bicyclic) bond motifs is 1. The Morgan fingerprint density at radius 3 is 2.83 bits per heavy atom. The van der Waals surface area contributed by atoms with E-state index in [-0.39, 0.29) is 12.3 Å². The normalized spacial score (nSPS) is 10.5. The minimum absolute atomic E-state index is 0.127. The summed E-state index contributed by atoms with van der Waals surface area (Å²) in [5.41, 5.74) is 0.867. The predicted molar refractivity (Wildman–Crippen MR) is 94.8 cm³/mol. The first-order chi connectivity index (χ1) is 11.2. The summed E-state index contributed by atoms with van der Waals surface area (Å²) in [4.78, 5) is 16.5. The number of hydrogen-bond donors (Lipinski definition) is 1. The molecule has 2 aromatic carbocycles. The number of nitrogens with one attached hydrogen (secondary N) is 1. The Labute approximate surface area is 142 Å². The van der Waals surface area contributed by atoms with Crippen molar-refractivity contribution in [3.8, 4) is 5.75 Å². The van der Waals surface area contributed by atoms with E-state index >= 15 is 0 Å². The first-order valence-corrected chi connectivity index (χ1v) is 7.92. The first-order valence-electron chi connectivity index (χ1n) is 7.13. The quantitative estimate of drug-likeness (QED) is 0.748. The Kier molecular flexibility index (Phi) is 4.57. The lowest BCUT2D eigenvalue weighted by molar-refractivity contribution is -0.115. The third kappa shape index (κ3) is 3.51. The number of anilines is 1. The Hall–Kier alpha value is -2.40. The van der Waals surface area contributed by atoms with Crippen molar-refractivity contribution in [2.24, 2.45) is 0 Å². The van der Waals surface area contributed by atoms with Crippen LogP contribution in [0.25, 0.3) is 10.8 Å². The highest BCUT2D eigenvalue weighted by atomic mass is 79.9. The van der Waals surface area contributed by atoms with Gasteiger partial charge in [-0.1, -0.05) is 34.1 Å². The lowest BCUT2D eigenvalue weighted by Gasteiger charge is -2.12. The van der Waals surface area contributed by atoms with Crippen molar-refractivity contribution in [2.45, 2.75) is 6.42 Å². The molecule has 0 unspecified atom stereocenters. The maximum Gasteiger partial charge on any atom is 0.230 e. The number of aromatic nitrogens is 1. The molecule has 0 aliphatic heterocycles. The number of carbonyl (C=O) groups excluding carboxylic acids is 1. The van der Waals surface area contributed by atoms with Gasteiger partial charge in [-0.05, 0) is 41.1 Å². The minimum atomic E-state index is -0.127. The summed E-state index contributed by atoms with van der Waals surface area (Å²) in [6, 6.07) is 15.2. The molecule has 0 aliphatic carbocycles. The molecule has 5 heteroatoms. The molecule has 0 fully saturated rings. The van der Waals surface area contributed by atoms with Crippen molar-refractivity contribution in [1.29, 1.82) is 0 Å². The molecule has 0 saturated heterocycles. The molecular weight excluding hydrogens is 356 g/mol. The van der Waals surface area contributed by atoms with Crippen molar-refractivity contribution in [3.05, 3.63) is 64.8 Å². The summed E-state index contributed by atoms with van der Waals surface area (Å²) in [6.45, 7) is 0. The number of methoxy groups -OCH3 is 1. The zero-order valence-electron chi connectivity index (χ0n) is 12.5. The molecular formula is C18H15BrN2O2. The molecule has 23 heavy (non-hydrogen) atoms. The SMILES string of the molecule is COc1ccc2cc(Br)ccc2c1CC(=O)Nc1ccccn1. The van der Waals surface area contributed by atoms with E-state index in [0.29, 0.717) is 11.6 Å². The van der Waals surface area contributed by atoms with Gasteiger partial charge in [-0.3, -0.25) is 4.79 Å². The summed E-state index contributed by atoms with van der Waals surface area (Å²) >= 11 is 3.47. The van der Waals surface area contributed by atoms with Gasteiger partial charge in [-0.25, -0.2) is 4.98 Å². The Morgan fingerprint density at radius 2 is 2.09 bits per heavy atom. The predicted octanol–water partition coefficient (Wildman–Crippen LogP) is 4.19. The number of benzene rings is 2. The minimum Gasteiger partial charge on any atom is -0.496 e. The molecule has 0 radical (unpaired) electrons. The lowest BCUT2D eigenvalue weighted by atomic mass is 10.0. The van der Waals surface area contributed by atoms with Gasteiger partial charge in [0.15, 0.2) is 0 Å². The third-order valence-corrected chi connectivity index (χ3v) is 4.03. The highest BCUT2D eigenvalue weighted by Crippen LogP contribution is 2.30. The molecule has 3 rings (SSSR count). The molecule has 0 spiro atoms. The summed E-state index contributed by atoms with van der Waals surface area (Å²) < 4.78 is 6.43. The average Bonchev–Trinajstić information content (AvgIpc) is 2.55. The molecule has 0 bridgehead atoms. The van der Waals surface area contributed by atoms with Gasteiger partial charge in [-0.15, -0.1) is 0 Å². The Bertz CT molecular complexity index is 850. The Balaban J connectivity index is 1.93. The third-order valence-electron chi connectivity index (χ3n) is 3.54. The van der Waals surface area contributed by atoms with Crippen LogP contribution >= 0.6 is 15.9 Å². The molecule has 0 atom stereocenters. The van der Waals surface area contributed by atoms with Crippen LogP contribution in [0.15, 0.2) is 59.2 Å². The largest absolute Gasteiger partial charge is 0.496 e. The number of rotatable bonds is 4. The lowest BCUT2D eigenvalue weighted by Crippen LogP contribution is -2.16. The van der Waals surface area contributed by atoms with Gasteiger partial charge in [-0.2, -0.15) is 0 Å². The molecule has 0 saturated carbocycles. The van der Waals surface area contributed by atoms with Crippen molar-refractivity contribution < 1.29 is 9.53 Å². The number of amides is 1. The van der Waals surface area contributed by atoms with Crippen LogP contribution in [-0.4, -0.2) is 18.0 Å². The second-order valence-electron chi connectivity index (χ2n) is 5.05. The zero-order chi connectivity index (χ0) is 16.2. The van der Waals surface area contributed by atoms with Crippen LogP contribution in [0.4, 0.5) is 5.82 Å². The van der Waals surface area contributed by atoms with E-state index in [1.807, 2.05) is 36.4 Å². The fourth-order valence-corrected chi connectivity index (χ4v) is 2.88. The summed E-state index contributed by atoms with van der Waals surface area (Å²) in [7, 11) is 1.61. The topological polar surface area (TPSA) is 51.2 Å². The smallest absolute Gasteiger partial charge is 0.230 e. The molecule has 3 aromatic rings. The van der Waals surface area contributed by atoms with Gasteiger partial charge < -0.3 is 10.1 Å². The van der Waals surface area contributed by atoms with Gasteiger partial charge in [0.05, 0.1) is 13.5 Å². The standard InChI is InChI=1S/C18H15BrN2O2/c1-23-16-8-5-12-10-13(19)6-7-14(12)15(16)11-18(22)21-17-4-2-3-9-20-17/h2-10H,11H2,1H3,(H,20,21,22). The second kappa shape index (κ2) is 6.79. The molecule has 116 valence electrons. The van der Waals surface area contributed by atoms with Crippen LogP contribution in [0.2, 0.25) is 0 Å². The second-order valence-corrected chi connectivity index (χ2v) is 5.97. The molecule has 1 N–H and O–H groups in total.